The van der Waals surface area contributed by atoms with Gasteiger partial charge in [-0.2, -0.15) is 0 Å². The second kappa shape index (κ2) is 11.4. The summed E-state index contributed by atoms with van der Waals surface area (Å²) in [7, 11) is 1.54. The van der Waals surface area contributed by atoms with Gasteiger partial charge in [-0.15, -0.1) is 0 Å². The molecule has 2 amide bonds. The molecule has 1 aromatic carbocycles. The highest BCUT2D eigenvalue weighted by Gasteiger charge is 2.34. The fraction of sp³-hybridized carbons (Fsp3) is 0.680. The van der Waals surface area contributed by atoms with Gasteiger partial charge in [-0.05, 0) is 51.2 Å². The summed E-state index contributed by atoms with van der Waals surface area (Å²) in [6.45, 7) is 11.1. The van der Waals surface area contributed by atoms with Crippen LogP contribution in [0.25, 0.3) is 0 Å². The number of likely N-dealkylation sites (tertiary alicyclic amines) is 1. The molecule has 2 fully saturated rings. The third-order valence-corrected chi connectivity index (χ3v) is 6.56. The summed E-state index contributed by atoms with van der Waals surface area (Å²) < 4.78 is 17.0. The molecule has 0 N–H and O–H groups in total. The molecule has 184 valence electrons. The van der Waals surface area contributed by atoms with Crippen LogP contribution in [0.15, 0.2) is 12.1 Å². The molecule has 0 spiro atoms. The summed E-state index contributed by atoms with van der Waals surface area (Å²) in [6.07, 6.45) is 2.32. The molecule has 0 aromatic heterocycles. The van der Waals surface area contributed by atoms with E-state index < -0.39 is 0 Å². The van der Waals surface area contributed by atoms with E-state index in [1.807, 2.05) is 18.7 Å². The first-order valence-corrected chi connectivity index (χ1v) is 12.3. The van der Waals surface area contributed by atoms with Crippen LogP contribution in [0.4, 0.5) is 0 Å². The number of halogens is 1. The predicted octanol–water partition coefficient (Wildman–Crippen LogP) is 4.26. The number of methoxy groups -OCH3 is 1. The number of carbonyl (C=O) groups is 2. The van der Waals surface area contributed by atoms with Crippen molar-refractivity contribution in [1.29, 1.82) is 0 Å². The fourth-order valence-corrected chi connectivity index (χ4v) is 4.77. The molecule has 2 heterocycles. The molecule has 2 aliphatic heterocycles. The molecule has 3 rings (SSSR count). The lowest BCUT2D eigenvalue weighted by molar-refractivity contribution is -0.148. The van der Waals surface area contributed by atoms with Crippen molar-refractivity contribution >= 4 is 23.4 Å². The highest BCUT2D eigenvalue weighted by molar-refractivity contribution is 6.32. The summed E-state index contributed by atoms with van der Waals surface area (Å²) in [6, 6.07) is 3.33. The maximum atomic E-state index is 13.2. The number of rotatable bonds is 7. The van der Waals surface area contributed by atoms with Crippen molar-refractivity contribution in [3.63, 3.8) is 0 Å². The molecule has 7 nitrogen and oxygen atoms in total. The van der Waals surface area contributed by atoms with Gasteiger partial charge in [-0.3, -0.25) is 9.59 Å². The molecule has 2 unspecified atom stereocenters. The quantitative estimate of drug-likeness (QED) is 0.583. The van der Waals surface area contributed by atoms with Gasteiger partial charge in [0, 0.05) is 37.7 Å². The normalized spacial score (nSPS) is 21.9. The minimum absolute atomic E-state index is 0.0522. The van der Waals surface area contributed by atoms with Crippen LogP contribution in [0.1, 0.15) is 57.3 Å². The molecule has 33 heavy (non-hydrogen) atoms. The SMILES string of the molecule is COc1cc(C(=O)N2CCC(C(=O)N3CC(C)OC(C)C3)CC2)cc(Cl)c1OCCC(C)C. The van der Waals surface area contributed by atoms with E-state index in [1.165, 1.54) is 0 Å². The number of hydrogen-bond donors (Lipinski definition) is 0. The van der Waals surface area contributed by atoms with E-state index in [9.17, 15) is 9.59 Å². The molecule has 2 atom stereocenters. The van der Waals surface area contributed by atoms with Crippen molar-refractivity contribution in [2.45, 2.75) is 59.2 Å². The first kappa shape index (κ1) is 25.6. The number of ether oxygens (including phenoxy) is 3. The van der Waals surface area contributed by atoms with Gasteiger partial charge in [0.2, 0.25) is 5.91 Å². The van der Waals surface area contributed by atoms with Gasteiger partial charge in [-0.25, -0.2) is 0 Å². The first-order chi connectivity index (χ1) is 15.7. The standard InChI is InChI=1S/C25H37ClN2O5/c1-16(2)8-11-32-23-21(26)12-20(13-22(23)31-5)25(30)27-9-6-19(7-10-27)24(29)28-14-17(3)33-18(4)15-28/h12-13,16-19H,6-11,14-15H2,1-5H3. The topological polar surface area (TPSA) is 68.3 Å². The van der Waals surface area contributed by atoms with Crippen LogP contribution >= 0.6 is 11.6 Å². The average molecular weight is 481 g/mol. The van der Waals surface area contributed by atoms with E-state index in [2.05, 4.69) is 13.8 Å². The lowest BCUT2D eigenvalue weighted by Crippen LogP contribution is -2.51. The number of amides is 2. The Morgan fingerprint density at radius 3 is 2.33 bits per heavy atom. The van der Waals surface area contributed by atoms with E-state index >= 15 is 0 Å². The summed E-state index contributed by atoms with van der Waals surface area (Å²) in [5, 5.41) is 0.363. The number of carbonyl (C=O) groups excluding carboxylic acids is 2. The highest BCUT2D eigenvalue weighted by atomic mass is 35.5. The van der Waals surface area contributed by atoms with E-state index in [0.717, 1.165) is 6.42 Å². The zero-order chi connectivity index (χ0) is 24.1. The van der Waals surface area contributed by atoms with Crippen LogP contribution < -0.4 is 9.47 Å². The Morgan fingerprint density at radius 2 is 1.76 bits per heavy atom. The van der Waals surface area contributed by atoms with Gasteiger partial charge in [0.05, 0.1) is 30.9 Å². The van der Waals surface area contributed by atoms with Crippen LogP contribution in [-0.2, 0) is 9.53 Å². The highest BCUT2D eigenvalue weighted by Crippen LogP contribution is 2.37. The van der Waals surface area contributed by atoms with Crippen LogP contribution in [0.5, 0.6) is 11.5 Å². The smallest absolute Gasteiger partial charge is 0.254 e. The largest absolute Gasteiger partial charge is 0.493 e. The monoisotopic (exact) mass is 480 g/mol. The van der Waals surface area contributed by atoms with Crippen LogP contribution in [0.2, 0.25) is 5.02 Å². The van der Waals surface area contributed by atoms with Gasteiger partial charge in [0.1, 0.15) is 0 Å². The summed E-state index contributed by atoms with van der Waals surface area (Å²) in [4.78, 5) is 29.9. The summed E-state index contributed by atoms with van der Waals surface area (Å²) in [5.41, 5.74) is 0.466. The summed E-state index contributed by atoms with van der Waals surface area (Å²) >= 11 is 6.45. The number of morpholine rings is 1. The molecule has 0 bridgehead atoms. The minimum atomic E-state index is -0.108. The van der Waals surface area contributed by atoms with Gasteiger partial charge in [0.15, 0.2) is 11.5 Å². The molecular weight excluding hydrogens is 444 g/mol. The Kier molecular flexibility index (Phi) is 8.88. The zero-order valence-electron chi connectivity index (χ0n) is 20.4. The second-order valence-corrected chi connectivity index (χ2v) is 9.99. The Bertz CT molecular complexity index is 828. The molecule has 1 aromatic rings. The minimum Gasteiger partial charge on any atom is -0.493 e. The van der Waals surface area contributed by atoms with Gasteiger partial charge in [0.25, 0.3) is 5.91 Å². The maximum absolute atomic E-state index is 13.2. The molecule has 0 radical (unpaired) electrons. The van der Waals surface area contributed by atoms with Crippen LogP contribution in [-0.4, -0.2) is 73.7 Å². The van der Waals surface area contributed by atoms with Gasteiger partial charge < -0.3 is 24.0 Å². The molecule has 2 saturated heterocycles. The van der Waals surface area contributed by atoms with Crippen LogP contribution in [0, 0.1) is 11.8 Å². The van der Waals surface area contributed by atoms with Gasteiger partial charge >= 0.3 is 0 Å². The number of hydrogen-bond acceptors (Lipinski definition) is 5. The zero-order valence-corrected chi connectivity index (χ0v) is 21.2. The van der Waals surface area contributed by atoms with Crippen molar-refractivity contribution in [2.75, 3.05) is 39.9 Å². The van der Waals surface area contributed by atoms with Crippen molar-refractivity contribution in [3.05, 3.63) is 22.7 Å². The number of piperidine rings is 1. The lowest BCUT2D eigenvalue weighted by Gasteiger charge is -2.39. The van der Waals surface area contributed by atoms with E-state index in [0.29, 0.717) is 73.6 Å². The van der Waals surface area contributed by atoms with Gasteiger partial charge in [-0.1, -0.05) is 25.4 Å². The molecule has 0 aliphatic carbocycles. The van der Waals surface area contributed by atoms with Crippen LogP contribution in [0.3, 0.4) is 0 Å². The third-order valence-electron chi connectivity index (χ3n) is 6.28. The predicted molar refractivity (Wildman–Crippen MR) is 128 cm³/mol. The Labute approximate surface area is 202 Å². The van der Waals surface area contributed by atoms with E-state index in [-0.39, 0.29) is 29.9 Å². The average Bonchev–Trinajstić information content (AvgIpc) is 2.78. The van der Waals surface area contributed by atoms with Crippen molar-refractivity contribution in [2.24, 2.45) is 11.8 Å². The molecule has 8 heteroatoms. The number of nitrogens with zero attached hydrogens (tertiary/aromatic N) is 2. The molecule has 0 saturated carbocycles. The Hall–Kier alpha value is -1.99. The van der Waals surface area contributed by atoms with E-state index in [4.69, 9.17) is 25.8 Å². The Morgan fingerprint density at radius 1 is 1.12 bits per heavy atom. The van der Waals surface area contributed by atoms with Crippen molar-refractivity contribution in [1.82, 2.24) is 9.80 Å². The lowest BCUT2D eigenvalue weighted by atomic mass is 9.94. The third kappa shape index (κ3) is 6.54. The molecule has 2 aliphatic rings. The fourth-order valence-electron chi connectivity index (χ4n) is 4.51. The maximum Gasteiger partial charge on any atom is 0.254 e. The Balaban J connectivity index is 1.61. The number of benzene rings is 1. The molecular formula is C25H37ClN2O5. The van der Waals surface area contributed by atoms with Crippen molar-refractivity contribution < 1.29 is 23.8 Å². The van der Waals surface area contributed by atoms with Crippen molar-refractivity contribution in [3.8, 4) is 11.5 Å². The first-order valence-electron chi connectivity index (χ1n) is 11.9. The second-order valence-electron chi connectivity index (χ2n) is 9.59. The van der Waals surface area contributed by atoms with E-state index in [1.54, 1.807) is 24.1 Å². The summed E-state index contributed by atoms with van der Waals surface area (Å²) in [5.74, 6) is 1.45.